The fraction of sp³-hybridized carbons (Fsp3) is 0.250. The van der Waals surface area contributed by atoms with Crippen LogP contribution in [0.2, 0.25) is 0 Å². The Bertz CT molecular complexity index is 524. The molecule has 1 aliphatic heterocycles. The number of fused-ring (bicyclic) bond motifs is 1. The Labute approximate surface area is 107 Å². The summed E-state index contributed by atoms with van der Waals surface area (Å²) in [5.74, 6) is -1.07. The van der Waals surface area contributed by atoms with Crippen LogP contribution in [0.3, 0.4) is 0 Å². The molecule has 0 N–H and O–H groups in total. The lowest BCUT2D eigenvalue weighted by molar-refractivity contribution is -0.117. The largest absolute Gasteiger partial charge is 0.304 e. The smallest absolute Gasteiger partial charge is 0.299 e. The highest BCUT2D eigenvalue weighted by Crippen LogP contribution is 2.31. The number of hydrogen-bond donors (Lipinski definition) is 0. The molecule has 0 fully saturated rings. The van der Waals surface area contributed by atoms with Crippen LogP contribution in [0, 0.1) is 0 Å². The maximum absolute atomic E-state index is 11.7. The summed E-state index contributed by atoms with van der Waals surface area (Å²) in [4.78, 5) is 35.7. The van der Waals surface area contributed by atoms with Gasteiger partial charge in [0.2, 0.25) is 0 Å². The summed E-state index contributed by atoms with van der Waals surface area (Å²) in [6.45, 7) is 1.72. The molecule has 0 bridgehead atoms. The number of carbonyl (C=O) groups excluding carboxylic acids is 3. The number of anilines is 1. The van der Waals surface area contributed by atoms with Crippen LogP contribution in [0.15, 0.2) is 22.7 Å². The molecule has 0 unspecified atom stereocenters. The van der Waals surface area contributed by atoms with E-state index in [0.717, 1.165) is 4.47 Å². The molecule has 5 heteroatoms. The molecule has 17 heavy (non-hydrogen) atoms. The van der Waals surface area contributed by atoms with E-state index in [1.165, 1.54) is 11.8 Å². The van der Waals surface area contributed by atoms with E-state index in [-0.39, 0.29) is 18.7 Å². The van der Waals surface area contributed by atoms with Crippen molar-refractivity contribution >= 4 is 39.1 Å². The average Bonchev–Trinajstić information content (AvgIpc) is 2.50. The number of halogens is 1. The molecule has 0 saturated carbocycles. The zero-order chi connectivity index (χ0) is 12.6. The number of rotatable bonds is 3. The fourth-order valence-corrected chi connectivity index (χ4v) is 2.13. The Morgan fingerprint density at radius 1 is 1.35 bits per heavy atom. The number of nitrogens with zero attached hydrogens (tertiary/aromatic N) is 1. The number of ketones is 2. The lowest BCUT2D eigenvalue weighted by atomic mass is 10.1. The van der Waals surface area contributed by atoms with Gasteiger partial charge in [0.05, 0.1) is 11.3 Å². The van der Waals surface area contributed by atoms with Gasteiger partial charge in [-0.2, -0.15) is 0 Å². The highest BCUT2D eigenvalue weighted by molar-refractivity contribution is 9.10. The second-order valence-electron chi connectivity index (χ2n) is 3.90. The van der Waals surface area contributed by atoms with E-state index in [1.54, 1.807) is 18.2 Å². The van der Waals surface area contributed by atoms with Crippen molar-refractivity contribution in [1.29, 1.82) is 0 Å². The van der Waals surface area contributed by atoms with Gasteiger partial charge in [0, 0.05) is 17.4 Å². The quantitative estimate of drug-likeness (QED) is 0.801. The van der Waals surface area contributed by atoms with E-state index in [2.05, 4.69) is 15.9 Å². The molecule has 1 aliphatic rings. The summed E-state index contributed by atoms with van der Waals surface area (Å²) >= 11 is 3.26. The van der Waals surface area contributed by atoms with Crippen LogP contribution >= 0.6 is 15.9 Å². The van der Waals surface area contributed by atoms with Crippen molar-refractivity contribution in [3.63, 3.8) is 0 Å². The summed E-state index contributed by atoms with van der Waals surface area (Å²) in [5.41, 5.74) is 0.984. The van der Waals surface area contributed by atoms with Crippen LogP contribution in [-0.4, -0.2) is 24.0 Å². The molecule has 1 amide bonds. The Morgan fingerprint density at radius 3 is 2.71 bits per heavy atom. The number of amides is 1. The molecule has 0 spiro atoms. The lowest BCUT2D eigenvalue weighted by Gasteiger charge is -2.15. The van der Waals surface area contributed by atoms with Gasteiger partial charge in [0.15, 0.2) is 0 Å². The minimum absolute atomic E-state index is 0.00388. The van der Waals surface area contributed by atoms with Gasteiger partial charge in [-0.3, -0.25) is 14.4 Å². The average molecular weight is 296 g/mol. The number of Topliss-reactive ketones (excluding diaryl/α,β-unsaturated/α-hetero) is 2. The molecule has 0 radical (unpaired) electrons. The predicted octanol–water partition coefficient (Wildman–Crippen LogP) is 1.96. The second kappa shape index (κ2) is 4.41. The first-order valence-electron chi connectivity index (χ1n) is 5.16. The highest BCUT2D eigenvalue weighted by atomic mass is 79.9. The van der Waals surface area contributed by atoms with Crippen LogP contribution in [0.5, 0.6) is 0 Å². The Hall–Kier alpha value is -1.49. The normalized spacial score (nSPS) is 14.1. The van der Waals surface area contributed by atoms with E-state index in [0.29, 0.717) is 11.3 Å². The maximum atomic E-state index is 11.7. The van der Waals surface area contributed by atoms with Crippen LogP contribution in [0.25, 0.3) is 0 Å². The molecule has 2 rings (SSSR count). The summed E-state index contributed by atoms with van der Waals surface area (Å²) < 4.78 is 0.755. The first-order valence-corrected chi connectivity index (χ1v) is 5.95. The lowest BCUT2D eigenvalue weighted by Crippen LogP contribution is -2.31. The molecule has 0 aromatic heterocycles. The van der Waals surface area contributed by atoms with Crippen LogP contribution in [0.4, 0.5) is 5.69 Å². The minimum atomic E-state index is -0.556. The van der Waals surface area contributed by atoms with Gasteiger partial charge in [0.25, 0.3) is 11.7 Å². The molecule has 0 atom stereocenters. The fourth-order valence-electron chi connectivity index (χ4n) is 1.76. The molecule has 1 aromatic carbocycles. The van der Waals surface area contributed by atoms with E-state index in [1.807, 2.05) is 0 Å². The molecular weight excluding hydrogens is 286 g/mol. The van der Waals surface area contributed by atoms with Crippen molar-refractivity contribution < 1.29 is 14.4 Å². The van der Waals surface area contributed by atoms with E-state index < -0.39 is 11.7 Å². The number of benzene rings is 1. The first-order chi connectivity index (χ1) is 8.00. The molecule has 1 heterocycles. The minimum Gasteiger partial charge on any atom is -0.304 e. The van der Waals surface area contributed by atoms with Crippen molar-refractivity contribution in [2.45, 2.75) is 13.3 Å². The molecule has 0 saturated heterocycles. The van der Waals surface area contributed by atoms with Crippen molar-refractivity contribution in [1.82, 2.24) is 0 Å². The summed E-state index contributed by atoms with van der Waals surface area (Å²) in [6.07, 6.45) is 0.258. The molecule has 4 nitrogen and oxygen atoms in total. The second-order valence-corrected chi connectivity index (χ2v) is 4.82. The summed E-state index contributed by atoms with van der Waals surface area (Å²) in [7, 11) is 0. The van der Waals surface area contributed by atoms with Gasteiger partial charge in [-0.15, -0.1) is 0 Å². The van der Waals surface area contributed by atoms with E-state index in [4.69, 9.17) is 0 Å². The predicted molar refractivity (Wildman–Crippen MR) is 66.1 cm³/mol. The Balaban J connectivity index is 2.34. The standard InChI is InChI=1S/C12H10BrNO3/c1-7(15)4-5-14-10-3-2-8(13)6-9(10)11(16)12(14)17/h2-3,6H,4-5H2,1H3. The van der Waals surface area contributed by atoms with Gasteiger partial charge < -0.3 is 4.90 Å². The van der Waals surface area contributed by atoms with Crippen molar-refractivity contribution in [2.75, 3.05) is 11.4 Å². The number of carbonyl (C=O) groups is 3. The molecule has 1 aromatic rings. The molecular formula is C12H10BrNO3. The first kappa shape index (κ1) is 12.0. The van der Waals surface area contributed by atoms with Gasteiger partial charge in [0.1, 0.15) is 5.78 Å². The zero-order valence-electron chi connectivity index (χ0n) is 9.20. The monoisotopic (exact) mass is 295 g/mol. The third-order valence-electron chi connectivity index (χ3n) is 2.62. The maximum Gasteiger partial charge on any atom is 0.299 e. The highest BCUT2D eigenvalue weighted by Gasteiger charge is 2.35. The van der Waals surface area contributed by atoms with Crippen LogP contribution in [0.1, 0.15) is 23.7 Å². The van der Waals surface area contributed by atoms with Gasteiger partial charge >= 0.3 is 0 Å². The zero-order valence-corrected chi connectivity index (χ0v) is 10.8. The van der Waals surface area contributed by atoms with Crippen molar-refractivity contribution in [3.8, 4) is 0 Å². The van der Waals surface area contributed by atoms with Crippen LogP contribution < -0.4 is 4.90 Å². The third kappa shape index (κ3) is 2.15. The van der Waals surface area contributed by atoms with Gasteiger partial charge in [-0.25, -0.2) is 0 Å². The Morgan fingerprint density at radius 2 is 2.06 bits per heavy atom. The SMILES string of the molecule is CC(=O)CCN1C(=O)C(=O)c2cc(Br)ccc21. The summed E-state index contributed by atoms with van der Waals surface area (Å²) in [6, 6.07) is 5.11. The van der Waals surface area contributed by atoms with Crippen LogP contribution in [-0.2, 0) is 9.59 Å². The molecule has 0 aliphatic carbocycles. The van der Waals surface area contributed by atoms with E-state index >= 15 is 0 Å². The molecule has 88 valence electrons. The van der Waals surface area contributed by atoms with Crippen molar-refractivity contribution in [2.24, 2.45) is 0 Å². The third-order valence-corrected chi connectivity index (χ3v) is 3.11. The topological polar surface area (TPSA) is 54.5 Å². The van der Waals surface area contributed by atoms with Crippen molar-refractivity contribution in [3.05, 3.63) is 28.2 Å². The Kier molecular flexibility index (Phi) is 3.11. The summed E-state index contributed by atoms with van der Waals surface area (Å²) in [5, 5.41) is 0. The number of hydrogen-bond acceptors (Lipinski definition) is 3. The van der Waals surface area contributed by atoms with Gasteiger partial charge in [-0.1, -0.05) is 15.9 Å². The van der Waals surface area contributed by atoms with Gasteiger partial charge in [-0.05, 0) is 25.1 Å². The van der Waals surface area contributed by atoms with E-state index in [9.17, 15) is 14.4 Å².